The number of halogens is 1. The number of benzene rings is 1. The molecule has 0 aliphatic rings. The van der Waals surface area contributed by atoms with Gasteiger partial charge in [-0.2, -0.15) is 0 Å². The van der Waals surface area contributed by atoms with Crippen LogP contribution in [0.2, 0.25) is 0 Å². The maximum atomic E-state index is 4.64. The van der Waals surface area contributed by atoms with Gasteiger partial charge in [0.15, 0.2) is 0 Å². The number of nitrogens with zero attached hydrogens (tertiary/aromatic N) is 1. The van der Waals surface area contributed by atoms with Crippen molar-refractivity contribution in [3.05, 3.63) is 39.7 Å². The number of hydrogen-bond acceptors (Lipinski definition) is 2. The zero-order valence-corrected chi connectivity index (χ0v) is 10.5. The Morgan fingerprint density at radius 1 is 1.20 bits per heavy atom. The third-order valence-corrected chi connectivity index (χ3v) is 3.93. The molecular formula is C12H8BrNS. The van der Waals surface area contributed by atoms with E-state index in [1.165, 1.54) is 16.3 Å². The van der Waals surface area contributed by atoms with Crippen LogP contribution in [-0.2, 0) is 0 Å². The molecule has 2 heterocycles. The lowest BCUT2D eigenvalue weighted by Crippen LogP contribution is -1.83. The highest BCUT2D eigenvalue weighted by atomic mass is 79.9. The number of hydrogen-bond donors (Lipinski definition) is 0. The predicted molar refractivity (Wildman–Crippen MR) is 69.6 cm³/mol. The van der Waals surface area contributed by atoms with Crippen LogP contribution < -0.4 is 0 Å². The Hall–Kier alpha value is -0.930. The van der Waals surface area contributed by atoms with Crippen molar-refractivity contribution in [3.8, 4) is 0 Å². The van der Waals surface area contributed by atoms with E-state index in [1.807, 2.05) is 6.07 Å². The third-order valence-electron chi connectivity index (χ3n) is 2.63. The summed E-state index contributed by atoms with van der Waals surface area (Å²) in [7, 11) is 0. The molecule has 2 aromatic heterocycles. The highest BCUT2D eigenvalue weighted by Gasteiger charge is 2.06. The molecule has 0 bridgehead atoms. The van der Waals surface area contributed by atoms with E-state index in [4.69, 9.17) is 0 Å². The first kappa shape index (κ1) is 9.31. The average Bonchev–Trinajstić information content (AvgIpc) is 2.68. The van der Waals surface area contributed by atoms with Crippen LogP contribution in [0.5, 0.6) is 0 Å². The Bertz CT molecular complexity index is 657. The van der Waals surface area contributed by atoms with Gasteiger partial charge in [-0.25, -0.2) is 4.98 Å². The first-order valence-electron chi connectivity index (χ1n) is 4.69. The van der Waals surface area contributed by atoms with Crippen molar-refractivity contribution in [2.75, 3.05) is 0 Å². The summed E-state index contributed by atoms with van der Waals surface area (Å²) in [6, 6.07) is 8.37. The van der Waals surface area contributed by atoms with Gasteiger partial charge in [-0.1, -0.05) is 15.9 Å². The zero-order valence-electron chi connectivity index (χ0n) is 8.12. The van der Waals surface area contributed by atoms with Crippen molar-refractivity contribution in [2.45, 2.75) is 6.92 Å². The largest absolute Gasteiger partial charge is 0.237 e. The number of rotatable bonds is 0. The van der Waals surface area contributed by atoms with Gasteiger partial charge >= 0.3 is 0 Å². The van der Waals surface area contributed by atoms with E-state index < -0.39 is 0 Å². The molecule has 0 spiro atoms. The summed E-state index contributed by atoms with van der Waals surface area (Å²) in [6.45, 7) is 2.16. The fourth-order valence-corrected chi connectivity index (χ4v) is 3.03. The molecular weight excluding hydrogens is 270 g/mol. The molecule has 0 saturated heterocycles. The molecule has 74 valence electrons. The Labute approximate surface area is 99.9 Å². The second-order valence-corrected chi connectivity index (χ2v) is 5.35. The average molecular weight is 278 g/mol. The molecule has 3 rings (SSSR count). The molecule has 15 heavy (non-hydrogen) atoms. The SMILES string of the molecule is Cc1c2cc(Br)ccc2nc2sccc12. The number of aromatic nitrogens is 1. The Balaban J connectivity index is 2.58. The second-order valence-electron chi connectivity index (χ2n) is 3.54. The Morgan fingerprint density at radius 3 is 2.93 bits per heavy atom. The molecule has 0 atom stereocenters. The normalized spacial score (nSPS) is 11.3. The van der Waals surface area contributed by atoms with Gasteiger partial charge in [-0.05, 0) is 42.1 Å². The topological polar surface area (TPSA) is 12.9 Å². The van der Waals surface area contributed by atoms with Gasteiger partial charge in [0.1, 0.15) is 4.83 Å². The van der Waals surface area contributed by atoms with Gasteiger partial charge in [-0.3, -0.25) is 0 Å². The smallest absolute Gasteiger partial charge is 0.124 e. The van der Waals surface area contributed by atoms with Crippen LogP contribution in [0, 0.1) is 6.92 Å². The highest BCUT2D eigenvalue weighted by Crippen LogP contribution is 2.29. The summed E-state index contributed by atoms with van der Waals surface area (Å²) in [6.07, 6.45) is 0. The van der Waals surface area contributed by atoms with Crippen LogP contribution in [0.1, 0.15) is 5.56 Å². The van der Waals surface area contributed by atoms with Gasteiger partial charge in [0.25, 0.3) is 0 Å². The first-order chi connectivity index (χ1) is 7.25. The number of aryl methyl sites for hydroxylation is 1. The number of thiophene rings is 1. The molecule has 0 fully saturated rings. The van der Waals surface area contributed by atoms with Crippen LogP contribution in [0.3, 0.4) is 0 Å². The highest BCUT2D eigenvalue weighted by molar-refractivity contribution is 9.10. The minimum Gasteiger partial charge on any atom is -0.237 e. The molecule has 1 nitrogen and oxygen atoms in total. The Kier molecular flexibility index (Phi) is 2.04. The molecule has 3 heteroatoms. The monoisotopic (exact) mass is 277 g/mol. The van der Waals surface area contributed by atoms with E-state index in [2.05, 4.69) is 51.4 Å². The number of pyridine rings is 1. The molecule has 1 aromatic carbocycles. The van der Waals surface area contributed by atoms with Gasteiger partial charge in [0, 0.05) is 15.2 Å². The summed E-state index contributed by atoms with van der Waals surface area (Å²) in [4.78, 5) is 5.76. The fraction of sp³-hybridized carbons (Fsp3) is 0.0833. The lowest BCUT2D eigenvalue weighted by molar-refractivity contribution is 1.48. The molecule has 0 unspecified atom stereocenters. The molecule has 0 saturated carbocycles. The van der Waals surface area contributed by atoms with E-state index in [9.17, 15) is 0 Å². The summed E-state index contributed by atoms with van der Waals surface area (Å²) in [5.41, 5.74) is 2.39. The minimum absolute atomic E-state index is 1.07. The lowest BCUT2D eigenvalue weighted by Gasteiger charge is -2.03. The van der Waals surface area contributed by atoms with Crippen LogP contribution in [0.4, 0.5) is 0 Å². The van der Waals surface area contributed by atoms with Crippen molar-refractivity contribution in [2.24, 2.45) is 0 Å². The van der Waals surface area contributed by atoms with Crippen molar-refractivity contribution in [1.29, 1.82) is 0 Å². The molecule has 0 aliphatic carbocycles. The van der Waals surface area contributed by atoms with Crippen molar-refractivity contribution in [3.63, 3.8) is 0 Å². The quantitative estimate of drug-likeness (QED) is 0.589. The van der Waals surface area contributed by atoms with Crippen molar-refractivity contribution in [1.82, 2.24) is 4.98 Å². The van der Waals surface area contributed by atoms with Gasteiger partial charge in [0.2, 0.25) is 0 Å². The van der Waals surface area contributed by atoms with Crippen LogP contribution in [-0.4, -0.2) is 4.98 Å². The van der Waals surface area contributed by atoms with Crippen LogP contribution in [0.25, 0.3) is 21.1 Å². The summed E-state index contributed by atoms with van der Waals surface area (Å²) in [5.74, 6) is 0. The van der Waals surface area contributed by atoms with Crippen molar-refractivity contribution >= 4 is 48.4 Å². The summed E-state index contributed by atoms with van der Waals surface area (Å²) < 4.78 is 1.11. The predicted octanol–water partition coefficient (Wildman–Crippen LogP) is 4.52. The number of fused-ring (bicyclic) bond motifs is 2. The lowest BCUT2D eigenvalue weighted by atomic mass is 10.1. The molecule has 0 aliphatic heterocycles. The second kappa shape index (κ2) is 3.29. The van der Waals surface area contributed by atoms with Crippen LogP contribution in [0.15, 0.2) is 34.1 Å². The summed E-state index contributed by atoms with van der Waals surface area (Å²) in [5, 5.41) is 4.60. The standard InChI is InChI=1S/C12H8BrNS/c1-7-9-4-5-15-12(9)14-11-3-2-8(13)6-10(7)11/h2-6H,1H3. The Morgan fingerprint density at radius 2 is 2.07 bits per heavy atom. The van der Waals surface area contributed by atoms with E-state index in [0.29, 0.717) is 0 Å². The van der Waals surface area contributed by atoms with Crippen molar-refractivity contribution < 1.29 is 0 Å². The summed E-state index contributed by atoms with van der Waals surface area (Å²) >= 11 is 5.19. The van der Waals surface area contributed by atoms with E-state index >= 15 is 0 Å². The maximum Gasteiger partial charge on any atom is 0.124 e. The molecule has 0 radical (unpaired) electrons. The van der Waals surface area contributed by atoms with E-state index in [0.717, 1.165) is 14.8 Å². The van der Waals surface area contributed by atoms with Gasteiger partial charge in [-0.15, -0.1) is 11.3 Å². The fourth-order valence-electron chi connectivity index (χ4n) is 1.83. The third kappa shape index (κ3) is 1.38. The molecule has 0 amide bonds. The zero-order chi connectivity index (χ0) is 10.4. The first-order valence-corrected chi connectivity index (χ1v) is 6.36. The minimum atomic E-state index is 1.07. The van der Waals surface area contributed by atoms with Crippen LogP contribution >= 0.6 is 27.3 Å². The van der Waals surface area contributed by atoms with E-state index in [-0.39, 0.29) is 0 Å². The van der Waals surface area contributed by atoms with E-state index in [1.54, 1.807) is 11.3 Å². The van der Waals surface area contributed by atoms with Gasteiger partial charge < -0.3 is 0 Å². The molecule has 3 aromatic rings. The van der Waals surface area contributed by atoms with Gasteiger partial charge in [0.05, 0.1) is 5.52 Å². The maximum absolute atomic E-state index is 4.64. The molecule has 0 N–H and O–H groups in total.